The van der Waals surface area contributed by atoms with Gasteiger partial charge in [-0.3, -0.25) is 0 Å². The summed E-state index contributed by atoms with van der Waals surface area (Å²) in [6.07, 6.45) is 0. The lowest BCUT2D eigenvalue weighted by molar-refractivity contribution is 0.660. The molecule has 2 heterocycles. The molecule has 0 unspecified atom stereocenters. The topological polar surface area (TPSA) is 25.1 Å². The quantitative estimate of drug-likeness (QED) is 0.140. The van der Waals surface area contributed by atoms with E-state index in [4.69, 9.17) is 0 Å². The van der Waals surface area contributed by atoms with Gasteiger partial charge in [-0.05, 0) is 222 Å². The molecule has 0 spiro atoms. The molecule has 18 aromatic rings. The maximum absolute atomic E-state index is 3.58. The Hall–Kier alpha value is -12.8. The average Bonchev–Trinajstić information content (AvgIpc) is 1.60. The fourth-order valence-corrected chi connectivity index (χ4v) is 16.8. The Balaban J connectivity index is 0.000000130. The number of rotatable bonds is 11. The van der Waals surface area contributed by atoms with Gasteiger partial charge in [-0.2, -0.15) is 0 Å². The van der Waals surface area contributed by atoms with Crippen molar-refractivity contribution >= 4 is 88.0 Å². The molecule has 2 aliphatic carbocycles. The molecule has 2 aliphatic rings. The van der Waals surface area contributed by atoms with Gasteiger partial charge in [0.2, 0.25) is 0 Å². The third-order valence-electron chi connectivity index (χ3n) is 21.9. The molecule has 5 heteroatoms. The van der Waals surface area contributed by atoms with E-state index in [0.29, 0.717) is 0 Å². The van der Waals surface area contributed by atoms with Crippen LogP contribution in [-0.4, -0.2) is 9.13 Å². The van der Waals surface area contributed by atoms with Crippen LogP contribution in [0, 0.1) is 0 Å². The summed E-state index contributed by atoms with van der Waals surface area (Å²) >= 11 is 3.52. The van der Waals surface area contributed by atoms with Crippen LogP contribution < -0.4 is 10.2 Å². The molecule has 1 N–H and O–H groups in total. The average molecular weight is 1470 g/mol. The highest BCUT2D eigenvalue weighted by atomic mass is 79.9. The van der Waals surface area contributed by atoms with Crippen molar-refractivity contribution < 1.29 is 0 Å². The van der Waals surface area contributed by atoms with Gasteiger partial charge < -0.3 is 19.4 Å². The molecule has 2 aromatic heterocycles. The van der Waals surface area contributed by atoms with Gasteiger partial charge >= 0.3 is 0 Å². The first-order valence-corrected chi connectivity index (χ1v) is 38.7. The maximum atomic E-state index is 3.58. The molecule has 20 rings (SSSR count). The number of hydrogen-bond acceptors (Lipinski definition) is 2. The Morgan fingerprint density at radius 1 is 0.248 bits per heavy atom. The molecule has 526 valence electrons. The van der Waals surface area contributed by atoms with E-state index < -0.39 is 0 Å². The molecule has 0 saturated carbocycles. The van der Waals surface area contributed by atoms with Crippen LogP contribution in [0.2, 0.25) is 0 Å². The van der Waals surface area contributed by atoms with Crippen LogP contribution in [0.4, 0.5) is 28.4 Å². The highest BCUT2D eigenvalue weighted by molar-refractivity contribution is 9.10. The van der Waals surface area contributed by atoms with E-state index >= 15 is 0 Å². The van der Waals surface area contributed by atoms with Gasteiger partial charge in [0.05, 0.1) is 22.1 Å². The van der Waals surface area contributed by atoms with Gasteiger partial charge in [-0.15, -0.1) is 0 Å². The van der Waals surface area contributed by atoms with Gasteiger partial charge in [0, 0.05) is 76.7 Å². The summed E-state index contributed by atoms with van der Waals surface area (Å²) in [5.74, 6) is 0. The van der Waals surface area contributed by atoms with Crippen LogP contribution in [-0.2, 0) is 10.8 Å². The second-order valence-corrected chi connectivity index (χ2v) is 30.0. The van der Waals surface area contributed by atoms with E-state index in [2.05, 4.69) is 445 Å². The second-order valence-electron chi connectivity index (χ2n) is 29.0. The highest BCUT2D eigenvalue weighted by Crippen LogP contribution is 2.52. The zero-order chi connectivity index (χ0) is 74.2. The van der Waals surface area contributed by atoms with Crippen LogP contribution >= 0.6 is 15.9 Å². The van der Waals surface area contributed by atoms with Gasteiger partial charge in [0.15, 0.2) is 0 Å². The van der Waals surface area contributed by atoms with Crippen molar-refractivity contribution in [1.82, 2.24) is 9.13 Å². The molecule has 0 aliphatic heterocycles. The number of benzene rings is 16. The summed E-state index contributed by atoms with van der Waals surface area (Å²) in [6, 6.07) is 140. The molecular weight excluding hydrogens is 1390 g/mol. The minimum absolute atomic E-state index is 0.0286. The first-order chi connectivity index (χ1) is 53.5. The van der Waals surface area contributed by atoms with Crippen molar-refractivity contribution in [3.8, 4) is 78.1 Å². The molecule has 109 heavy (non-hydrogen) atoms. The molecule has 0 atom stereocenters. The lowest BCUT2D eigenvalue weighted by atomic mass is 9.82. The predicted molar refractivity (Wildman–Crippen MR) is 468 cm³/mol. The monoisotopic (exact) mass is 1470 g/mol. The number of para-hydroxylation sites is 4. The fourth-order valence-electron chi connectivity index (χ4n) is 16.5. The van der Waals surface area contributed by atoms with Gasteiger partial charge in [0.1, 0.15) is 0 Å². The number of halogens is 1. The Kier molecular flexibility index (Phi) is 18.7. The molecule has 0 amide bonds. The minimum Gasteiger partial charge on any atom is -0.356 e. The van der Waals surface area contributed by atoms with Crippen LogP contribution in [0.5, 0.6) is 0 Å². The summed E-state index contributed by atoms with van der Waals surface area (Å²) in [6.45, 7) is 13.3. The number of fused-ring (bicyclic) bond motifs is 12. The molecule has 0 bridgehead atoms. The SMILES string of the molecule is Brc1ccc(-c2ccc3c(c2)c2ccccc2n3-c2ccccc2)cc1.CC.CC1(C)c2ccccc2-c2ccc(N(c3ccc(-c4ccccc4)cc3)c3ccc(-c4ccc5c(c4)c4ccccc4n5-c4ccccc4)cc3)cc21.CC1(C)c2ccccc2-c2ccc(Nc3ccc(-c4ccccc4)cc3)cc21. The van der Waals surface area contributed by atoms with Gasteiger partial charge in [0.25, 0.3) is 0 Å². The number of hydrogen-bond donors (Lipinski definition) is 1. The standard InChI is InChI=1S/C51H38N2.C27H23N.C24H16BrN.C2H6/c1-51(2)47-19-11-9-17-43(47)44-31-30-42(34-48(44)51)52(40-26-21-36(22-27-40)35-13-5-3-6-14-35)41-28-23-37(24-29-41)38-25-32-50-46(33-38)45-18-10-12-20-49(45)53(50)39-15-7-4-8-16-39;1-27(2)25-11-7-6-10-23(25)24-17-16-22(18-26(24)27)28-21-14-12-20(13-15-21)19-8-4-3-5-9-19;25-19-13-10-17(11-14-19)18-12-15-24-22(16-18)21-8-4-5-9-23(21)26(24)20-6-2-1-3-7-20;1-2/h3-34H,1-2H3;3-18,28H,1-2H3;1-16H;1-2H3. The number of anilines is 5. The molecule has 4 nitrogen and oxygen atoms in total. The zero-order valence-corrected chi connectivity index (χ0v) is 63.8. The normalized spacial score (nSPS) is 12.5. The van der Waals surface area contributed by atoms with Crippen molar-refractivity contribution in [2.45, 2.75) is 52.4 Å². The first kappa shape index (κ1) is 69.3. The van der Waals surface area contributed by atoms with Crippen LogP contribution in [0.3, 0.4) is 0 Å². The van der Waals surface area contributed by atoms with Crippen molar-refractivity contribution in [2.75, 3.05) is 10.2 Å². The van der Waals surface area contributed by atoms with Crippen LogP contribution in [0.25, 0.3) is 122 Å². The Morgan fingerprint density at radius 3 is 1.04 bits per heavy atom. The third kappa shape index (κ3) is 13.1. The number of aromatic nitrogens is 2. The molecule has 0 radical (unpaired) electrons. The van der Waals surface area contributed by atoms with Crippen LogP contribution in [0.15, 0.2) is 393 Å². The summed E-state index contributed by atoms with van der Waals surface area (Å²) < 4.78 is 5.81. The minimum atomic E-state index is -0.0864. The van der Waals surface area contributed by atoms with Crippen molar-refractivity contribution in [3.05, 3.63) is 415 Å². The zero-order valence-electron chi connectivity index (χ0n) is 62.2. The highest BCUT2D eigenvalue weighted by Gasteiger charge is 2.37. The Bertz CT molecular complexity index is 6300. The van der Waals surface area contributed by atoms with E-state index in [9.17, 15) is 0 Å². The van der Waals surface area contributed by atoms with E-state index in [1.807, 2.05) is 19.9 Å². The molecule has 0 fully saturated rings. The molecular formula is C104H83BrN4. The van der Waals surface area contributed by atoms with Crippen molar-refractivity contribution in [1.29, 1.82) is 0 Å². The summed E-state index contributed by atoms with van der Waals surface area (Å²) in [4.78, 5) is 2.40. The molecule has 16 aromatic carbocycles. The third-order valence-corrected chi connectivity index (χ3v) is 22.5. The van der Waals surface area contributed by atoms with Crippen LogP contribution in [0.1, 0.15) is 63.8 Å². The number of nitrogens with zero attached hydrogens (tertiary/aromatic N) is 3. The van der Waals surface area contributed by atoms with Crippen molar-refractivity contribution in [2.24, 2.45) is 0 Å². The maximum Gasteiger partial charge on any atom is 0.0541 e. The van der Waals surface area contributed by atoms with E-state index in [1.165, 1.54) is 144 Å². The lowest BCUT2D eigenvalue weighted by Crippen LogP contribution is -2.16. The lowest BCUT2D eigenvalue weighted by Gasteiger charge is -2.28. The first-order valence-electron chi connectivity index (χ1n) is 37.9. The second kappa shape index (κ2) is 29.5. The van der Waals surface area contributed by atoms with E-state index in [-0.39, 0.29) is 10.8 Å². The summed E-state index contributed by atoms with van der Waals surface area (Å²) in [5.41, 5.74) is 33.5. The van der Waals surface area contributed by atoms with Gasteiger partial charge in [-0.25, -0.2) is 0 Å². The fraction of sp³-hybridized carbons (Fsp3) is 0.0769. The van der Waals surface area contributed by atoms with Crippen molar-refractivity contribution in [3.63, 3.8) is 0 Å². The largest absolute Gasteiger partial charge is 0.356 e. The molecule has 0 saturated heterocycles. The Labute approximate surface area is 648 Å². The van der Waals surface area contributed by atoms with E-state index in [0.717, 1.165) is 32.9 Å². The smallest absolute Gasteiger partial charge is 0.0541 e. The Morgan fingerprint density at radius 2 is 0.569 bits per heavy atom. The number of nitrogens with one attached hydrogen (secondary N) is 1. The summed E-state index contributed by atoms with van der Waals surface area (Å²) in [7, 11) is 0. The van der Waals surface area contributed by atoms with E-state index in [1.54, 1.807) is 0 Å². The van der Waals surface area contributed by atoms with Gasteiger partial charge in [-0.1, -0.05) is 312 Å². The predicted octanol–water partition coefficient (Wildman–Crippen LogP) is 29.5. The summed E-state index contributed by atoms with van der Waals surface area (Å²) in [5, 5.41) is 8.66.